The first-order valence-corrected chi connectivity index (χ1v) is 4.54. The van der Waals surface area contributed by atoms with Crippen LogP contribution in [0.25, 0.3) is 0 Å². The minimum absolute atomic E-state index is 0.247. The van der Waals surface area contributed by atoms with Crippen molar-refractivity contribution in [2.24, 2.45) is 0 Å². The molecule has 0 amide bonds. The minimum atomic E-state index is -2.60. The van der Waals surface area contributed by atoms with Crippen LogP contribution in [0.15, 0.2) is 10.7 Å². The van der Waals surface area contributed by atoms with Crippen LogP contribution in [0.3, 0.4) is 0 Å². The molecular weight excluding hydrogens is 246 g/mol. The molecule has 1 heterocycles. The number of alkyl halides is 2. The van der Waals surface area contributed by atoms with E-state index in [2.05, 4.69) is 21.0 Å². The van der Waals surface area contributed by atoms with E-state index in [1.807, 2.05) is 6.92 Å². The zero-order valence-electron chi connectivity index (χ0n) is 7.01. The molecule has 13 heavy (non-hydrogen) atoms. The van der Waals surface area contributed by atoms with Gasteiger partial charge in [-0.15, -0.1) is 0 Å². The predicted octanol–water partition coefficient (Wildman–Crippen LogP) is 2.58. The van der Waals surface area contributed by atoms with Gasteiger partial charge in [0.1, 0.15) is 5.69 Å². The normalized spacial score (nSPS) is 11.2. The second kappa shape index (κ2) is 4.66. The van der Waals surface area contributed by atoms with E-state index in [9.17, 15) is 8.78 Å². The number of ether oxygens (including phenoxy) is 1. The summed E-state index contributed by atoms with van der Waals surface area (Å²) >= 11 is 3.12. The van der Waals surface area contributed by atoms with Crippen LogP contribution in [0.5, 0.6) is 0 Å². The Morgan fingerprint density at radius 1 is 1.69 bits per heavy atom. The third kappa shape index (κ3) is 2.73. The molecule has 0 aromatic carbocycles. The van der Waals surface area contributed by atoms with Gasteiger partial charge in [-0.25, -0.2) is 4.68 Å². The summed E-state index contributed by atoms with van der Waals surface area (Å²) in [5.41, 5.74) is 0.488. The predicted molar refractivity (Wildman–Crippen MR) is 46.5 cm³/mol. The maximum Gasteiger partial charge on any atom is 0.333 e. The standard InChI is InChI=1S/C7H9BrF2N2O/c1-2-13-4-6-5(8)3-12(11-6)7(9)10/h3,7H,2,4H2,1H3. The summed E-state index contributed by atoms with van der Waals surface area (Å²) in [6, 6.07) is 0. The third-order valence-corrected chi connectivity index (χ3v) is 2.06. The minimum Gasteiger partial charge on any atom is -0.375 e. The number of halogens is 3. The van der Waals surface area contributed by atoms with Gasteiger partial charge < -0.3 is 4.74 Å². The molecule has 0 saturated heterocycles. The Morgan fingerprint density at radius 3 is 2.85 bits per heavy atom. The molecule has 0 saturated carbocycles. The molecule has 0 fully saturated rings. The lowest BCUT2D eigenvalue weighted by atomic mass is 10.5. The van der Waals surface area contributed by atoms with Crippen LogP contribution in [-0.4, -0.2) is 16.4 Å². The van der Waals surface area contributed by atoms with Gasteiger partial charge in [0.2, 0.25) is 0 Å². The van der Waals surface area contributed by atoms with E-state index in [-0.39, 0.29) is 6.61 Å². The first-order valence-electron chi connectivity index (χ1n) is 3.74. The summed E-state index contributed by atoms with van der Waals surface area (Å²) in [6.45, 7) is 0.00895. The van der Waals surface area contributed by atoms with Gasteiger partial charge in [0.05, 0.1) is 11.1 Å². The zero-order valence-corrected chi connectivity index (χ0v) is 8.59. The smallest absolute Gasteiger partial charge is 0.333 e. The molecule has 74 valence electrons. The maximum absolute atomic E-state index is 12.1. The van der Waals surface area contributed by atoms with Crippen LogP contribution in [-0.2, 0) is 11.3 Å². The fourth-order valence-electron chi connectivity index (χ4n) is 0.803. The average molecular weight is 255 g/mol. The summed E-state index contributed by atoms with van der Waals surface area (Å²) in [5.74, 6) is 0. The number of aromatic nitrogens is 2. The van der Waals surface area contributed by atoms with Gasteiger partial charge in [-0.1, -0.05) is 0 Å². The Labute approximate surface area is 82.8 Å². The highest BCUT2D eigenvalue weighted by Crippen LogP contribution is 2.19. The molecule has 6 heteroatoms. The highest BCUT2D eigenvalue weighted by atomic mass is 79.9. The van der Waals surface area contributed by atoms with Gasteiger partial charge >= 0.3 is 6.55 Å². The molecule has 1 aromatic heterocycles. The van der Waals surface area contributed by atoms with Crippen molar-refractivity contribution in [2.45, 2.75) is 20.1 Å². The van der Waals surface area contributed by atoms with E-state index in [0.717, 1.165) is 0 Å². The molecule has 3 nitrogen and oxygen atoms in total. The van der Waals surface area contributed by atoms with Gasteiger partial charge in [-0.05, 0) is 22.9 Å². The summed E-state index contributed by atoms with van der Waals surface area (Å²) in [7, 11) is 0. The third-order valence-electron chi connectivity index (χ3n) is 1.40. The van der Waals surface area contributed by atoms with Gasteiger partial charge in [-0.2, -0.15) is 13.9 Å². The van der Waals surface area contributed by atoms with Crippen molar-refractivity contribution in [1.29, 1.82) is 0 Å². The van der Waals surface area contributed by atoms with Crippen LogP contribution in [0.4, 0.5) is 8.78 Å². The molecule has 0 bridgehead atoms. The largest absolute Gasteiger partial charge is 0.375 e. The molecule has 0 radical (unpaired) electrons. The Hall–Kier alpha value is -0.490. The molecule has 1 rings (SSSR count). The van der Waals surface area contributed by atoms with E-state index in [1.54, 1.807) is 0 Å². The molecular formula is C7H9BrF2N2O. The van der Waals surface area contributed by atoms with Crippen molar-refractivity contribution in [1.82, 2.24) is 9.78 Å². The Balaban J connectivity index is 2.71. The van der Waals surface area contributed by atoms with Crippen molar-refractivity contribution >= 4 is 15.9 Å². The average Bonchev–Trinajstić information content (AvgIpc) is 2.44. The summed E-state index contributed by atoms with van der Waals surface area (Å²) in [4.78, 5) is 0. The van der Waals surface area contributed by atoms with Crippen LogP contribution < -0.4 is 0 Å². The lowest BCUT2D eigenvalue weighted by Gasteiger charge is -1.98. The highest BCUT2D eigenvalue weighted by Gasteiger charge is 2.11. The molecule has 0 aliphatic rings. The van der Waals surface area contributed by atoms with E-state index < -0.39 is 6.55 Å². The van der Waals surface area contributed by atoms with Crippen LogP contribution >= 0.6 is 15.9 Å². The first-order chi connectivity index (χ1) is 6.15. The molecule has 0 aliphatic carbocycles. The number of rotatable bonds is 4. The van der Waals surface area contributed by atoms with Crippen molar-refractivity contribution in [3.63, 3.8) is 0 Å². The molecule has 0 unspecified atom stereocenters. The Bertz CT molecular complexity index is 277. The molecule has 0 N–H and O–H groups in total. The maximum atomic E-state index is 12.1. The van der Waals surface area contributed by atoms with Gasteiger partial charge in [0, 0.05) is 12.8 Å². The topological polar surface area (TPSA) is 27.1 Å². The zero-order chi connectivity index (χ0) is 9.84. The van der Waals surface area contributed by atoms with E-state index in [4.69, 9.17) is 4.74 Å². The molecule has 1 aromatic rings. The Morgan fingerprint density at radius 2 is 2.38 bits per heavy atom. The van der Waals surface area contributed by atoms with Crippen LogP contribution in [0, 0.1) is 0 Å². The molecule has 0 aliphatic heterocycles. The van der Waals surface area contributed by atoms with Gasteiger partial charge in [0.15, 0.2) is 0 Å². The van der Waals surface area contributed by atoms with E-state index >= 15 is 0 Å². The SMILES string of the molecule is CCOCc1nn(C(F)F)cc1Br. The second-order valence-electron chi connectivity index (χ2n) is 2.32. The van der Waals surface area contributed by atoms with Gasteiger partial charge in [-0.3, -0.25) is 0 Å². The fraction of sp³-hybridized carbons (Fsp3) is 0.571. The first kappa shape index (κ1) is 10.6. The van der Waals surface area contributed by atoms with Crippen molar-refractivity contribution < 1.29 is 13.5 Å². The quantitative estimate of drug-likeness (QED) is 0.826. The van der Waals surface area contributed by atoms with Crippen molar-refractivity contribution in [2.75, 3.05) is 6.61 Å². The number of hydrogen-bond donors (Lipinski definition) is 0. The lowest BCUT2D eigenvalue weighted by Crippen LogP contribution is -2.00. The monoisotopic (exact) mass is 254 g/mol. The lowest BCUT2D eigenvalue weighted by molar-refractivity contribution is 0.0545. The Kier molecular flexibility index (Phi) is 3.80. The van der Waals surface area contributed by atoms with Gasteiger partial charge in [0.25, 0.3) is 0 Å². The number of nitrogens with zero attached hydrogens (tertiary/aromatic N) is 2. The highest BCUT2D eigenvalue weighted by molar-refractivity contribution is 9.10. The number of hydrogen-bond acceptors (Lipinski definition) is 2. The fourth-order valence-corrected chi connectivity index (χ4v) is 1.21. The summed E-state index contributed by atoms with van der Waals surface area (Å²) < 4.78 is 30.4. The molecule has 0 spiro atoms. The molecule has 0 atom stereocenters. The summed E-state index contributed by atoms with van der Waals surface area (Å²) in [5, 5.41) is 3.64. The van der Waals surface area contributed by atoms with E-state index in [0.29, 0.717) is 21.5 Å². The van der Waals surface area contributed by atoms with Crippen molar-refractivity contribution in [3.8, 4) is 0 Å². The van der Waals surface area contributed by atoms with Crippen molar-refractivity contribution in [3.05, 3.63) is 16.4 Å². The second-order valence-corrected chi connectivity index (χ2v) is 3.17. The van der Waals surface area contributed by atoms with E-state index in [1.165, 1.54) is 6.20 Å². The van der Waals surface area contributed by atoms with Crippen LogP contribution in [0.1, 0.15) is 19.2 Å². The van der Waals surface area contributed by atoms with Crippen LogP contribution in [0.2, 0.25) is 0 Å². The summed E-state index contributed by atoms with van der Waals surface area (Å²) in [6.07, 6.45) is 1.24.